The number of alkyl carbamates (subject to hydrolysis) is 1. The van der Waals surface area contributed by atoms with Gasteiger partial charge in [0.15, 0.2) is 0 Å². The van der Waals surface area contributed by atoms with E-state index in [1.54, 1.807) is 4.90 Å². The molecule has 180 valence electrons. The molecule has 2 N–H and O–H groups in total. The number of nitrogens with one attached hydrogen (secondary N) is 1. The van der Waals surface area contributed by atoms with E-state index in [-0.39, 0.29) is 49.9 Å². The Bertz CT molecular complexity index is 1000. The third kappa shape index (κ3) is 5.58. The number of nitrogens with zero attached hydrogens (tertiary/aromatic N) is 1. The highest BCUT2D eigenvalue weighted by Crippen LogP contribution is 2.44. The highest BCUT2D eigenvalue weighted by Gasteiger charge is 2.33. The highest BCUT2D eigenvalue weighted by molar-refractivity contribution is 5.79. The van der Waals surface area contributed by atoms with E-state index in [0.717, 1.165) is 24.0 Å². The Hall–Kier alpha value is -3.35. The van der Waals surface area contributed by atoms with E-state index in [1.807, 2.05) is 31.2 Å². The summed E-state index contributed by atoms with van der Waals surface area (Å²) in [4.78, 5) is 37.8. The number of hydrogen-bond donors (Lipinski definition) is 2. The van der Waals surface area contributed by atoms with E-state index in [1.165, 1.54) is 11.1 Å². The molecule has 2 aromatic rings. The second kappa shape index (κ2) is 10.7. The van der Waals surface area contributed by atoms with E-state index in [0.29, 0.717) is 12.8 Å². The minimum Gasteiger partial charge on any atom is -0.481 e. The highest BCUT2D eigenvalue weighted by atomic mass is 16.5. The van der Waals surface area contributed by atoms with Crippen LogP contribution in [0.15, 0.2) is 48.5 Å². The predicted molar refractivity (Wildman–Crippen MR) is 129 cm³/mol. The number of hydrogen-bond acceptors (Lipinski definition) is 4. The summed E-state index contributed by atoms with van der Waals surface area (Å²) in [6, 6.07) is 16.4. The first kappa shape index (κ1) is 23.8. The molecular formula is C27H32N2O5. The van der Waals surface area contributed by atoms with Crippen molar-refractivity contribution in [3.05, 3.63) is 59.7 Å². The number of carboxylic acids is 1. The summed E-state index contributed by atoms with van der Waals surface area (Å²) in [5.74, 6) is -0.945. The van der Waals surface area contributed by atoms with Crippen molar-refractivity contribution in [2.45, 2.75) is 63.5 Å². The topological polar surface area (TPSA) is 95.9 Å². The van der Waals surface area contributed by atoms with Gasteiger partial charge in [-0.3, -0.25) is 9.59 Å². The predicted octanol–water partition coefficient (Wildman–Crippen LogP) is 4.55. The van der Waals surface area contributed by atoms with Crippen molar-refractivity contribution < 1.29 is 24.2 Å². The lowest BCUT2D eigenvalue weighted by molar-refractivity contribution is -0.138. The molecule has 0 heterocycles. The normalized spacial score (nSPS) is 15.2. The largest absolute Gasteiger partial charge is 0.481 e. The first-order valence-electron chi connectivity index (χ1n) is 12.1. The first-order valence-corrected chi connectivity index (χ1v) is 12.1. The van der Waals surface area contributed by atoms with Crippen LogP contribution in [0.2, 0.25) is 0 Å². The summed E-state index contributed by atoms with van der Waals surface area (Å²) >= 11 is 0. The zero-order valence-corrected chi connectivity index (χ0v) is 19.5. The van der Waals surface area contributed by atoms with Crippen LogP contribution in [0, 0.1) is 0 Å². The van der Waals surface area contributed by atoms with Gasteiger partial charge in [-0.25, -0.2) is 4.79 Å². The number of fused-ring (bicyclic) bond motifs is 3. The van der Waals surface area contributed by atoms with E-state index in [4.69, 9.17) is 9.84 Å². The number of benzene rings is 2. The average molecular weight is 465 g/mol. The first-order chi connectivity index (χ1) is 16.5. The molecule has 34 heavy (non-hydrogen) atoms. The third-order valence-corrected chi connectivity index (χ3v) is 6.74. The third-order valence-electron chi connectivity index (χ3n) is 6.74. The number of amides is 2. The Morgan fingerprint density at radius 1 is 1.03 bits per heavy atom. The summed E-state index contributed by atoms with van der Waals surface area (Å²) in [5, 5.41) is 11.8. The summed E-state index contributed by atoms with van der Waals surface area (Å²) in [7, 11) is 0. The summed E-state index contributed by atoms with van der Waals surface area (Å²) in [5.41, 5.74) is 4.69. The van der Waals surface area contributed by atoms with Crippen molar-refractivity contribution in [2.75, 3.05) is 13.2 Å². The molecule has 0 aromatic heterocycles. The van der Waals surface area contributed by atoms with Crippen molar-refractivity contribution >= 4 is 18.0 Å². The van der Waals surface area contributed by atoms with Gasteiger partial charge in [-0.05, 0) is 47.9 Å². The molecular weight excluding hydrogens is 432 g/mol. The van der Waals surface area contributed by atoms with Crippen molar-refractivity contribution in [3.8, 4) is 11.1 Å². The van der Waals surface area contributed by atoms with Crippen LogP contribution < -0.4 is 5.32 Å². The van der Waals surface area contributed by atoms with Gasteiger partial charge in [-0.15, -0.1) is 0 Å². The van der Waals surface area contributed by atoms with Crippen LogP contribution in [0.5, 0.6) is 0 Å². The van der Waals surface area contributed by atoms with Gasteiger partial charge in [0.25, 0.3) is 0 Å². The molecule has 1 unspecified atom stereocenters. The Morgan fingerprint density at radius 2 is 1.65 bits per heavy atom. The van der Waals surface area contributed by atoms with Crippen molar-refractivity contribution in [3.63, 3.8) is 0 Å². The minimum atomic E-state index is -0.901. The number of carboxylic acid groups (broad SMARTS) is 1. The molecule has 0 bridgehead atoms. The molecule has 7 nitrogen and oxygen atoms in total. The molecule has 2 aliphatic carbocycles. The standard InChI is InChI=1S/C27H32N2O5/c1-2-18(11-14-25(30)29(19-12-13-19)16-15-26(31)32)28-27(33)34-17-24-22-9-5-3-7-20(22)21-8-4-6-10-23(21)24/h3-10,18-19,24H,2,11-17H2,1H3,(H,28,33)(H,31,32). The number of carbonyl (C=O) groups is 3. The fourth-order valence-electron chi connectivity index (χ4n) is 4.74. The maximum atomic E-state index is 12.7. The SMILES string of the molecule is CCC(CCC(=O)N(CCC(=O)O)C1CC1)NC(=O)OCC1c2ccccc2-c2ccccc21. The maximum absolute atomic E-state index is 12.7. The molecule has 0 spiro atoms. The van der Waals surface area contributed by atoms with Crippen molar-refractivity contribution in [1.82, 2.24) is 10.2 Å². The van der Waals surface area contributed by atoms with E-state index >= 15 is 0 Å². The van der Waals surface area contributed by atoms with Crippen LogP contribution in [0.3, 0.4) is 0 Å². The second-order valence-corrected chi connectivity index (χ2v) is 9.08. The Labute approximate surface area is 200 Å². The summed E-state index contributed by atoms with van der Waals surface area (Å²) in [6.07, 6.45) is 2.79. The van der Waals surface area contributed by atoms with Crippen LogP contribution in [0.25, 0.3) is 11.1 Å². The average Bonchev–Trinajstić information content (AvgIpc) is 3.62. The molecule has 4 rings (SSSR count). The Morgan fingerprint density at radius 3 is 2.21 bits per heavy atom. The van der Waals surface area contributed by atoms with Gasteiger partial charge in [0.2, 0.25) is 5.91 Å². The van der Waals surface area contributed by atoms with Crippen LogP contribution in [-0.2, 0) is 14.3 Å². The molecule has 7 heteroatoms. The quantitative estimate of drug-likeness (QED) is 0.509. The fourth-order valence-corrected chi connectivity index (χ4v) is 4.74. The fraction of sp³-hybridized carbons (Fsp3) is 0.444. The summed E-state index contributed by atoms with van der Waals surface area (Å²) < 4.78 is 5.63. The number of carbonyl (C=O) groups excluding carboxylic acids is 2. The monoisotopic (exact) mass is 464 g/mol. The van der Waals surface area contributed by atoms with Gasteiger partial charge in [0, 0.05) is 31.0 Å². The summed E-state index contributed by atoms with van der Waals surface area (Å²) in [6.45, 7) is 2.46. The van der Waals surface area contributed by atoms with Crippen molar-refractivity contribution in [1.29, 1.82) is 0 Å². The molecule has 2 amide bonds. The van der Waals surface area contributed by atoms with E-state index < -0.39 is 12.1 Å². The van der Waals surface area contributed by atoms with Gasteiger partial charge in [-0.1, -0.05) is 55.5 Å². The van der Waals surface area contributed by atoms with Gasteiger partial charge in [0.1, 0.15) is 6.61 Å². The number of aliphatic carboxylic acids is 1. The smallest absolute Gasteiger partial charge is 0.407 e. The zero-order valence-electron chi connectivity index (χ0n) is 19.5. The van der Waals surface area contributed by atoms with E-state index in [9.17, 15) is 14.4 Å². The minimum absolute atomic E-state index is 0.00106. The van der Waals surface area contributed by atoms with Crippen LogP contribution in [-0.4, -0.2) is 53.2 Å². The van der Waals surface area contributed by atoms with E-state index in [2.05, 4.69) is 29.6 Å². The van der Waals surface area contributed by atoms with Crippen LogP contribution >= 0.6 is 0 Å². The molecule has 0 saturated heterocycles. The Balaban J connectivity index is 1.28. The molecule has 1 fully saturated rings. The van der Waals surface area contributed by atoms with Crippen molar-refractivity contribution in [2.24, 2.45) is 0 Å². The van der Waals surface area contributed by atoms with Gasteiger partial charge in [-0.2, -0.15) is 0 Å². The van der Waals surface area contributed by atoms with Gasteiger partial charge >= 0.3 is 12.1 Å². The molecule has 2 aromatic carbocycles. The van der Waals surface area contributed by atoms with Gasteiger partial charge < -0.3 is 20.1 Å². The lowest BCUT2D eigenvalue weighted by atomic mass is 9.98. The molecule has 2 aliphatic rings. The number of ether oxygens (including phenoxy) is 1. The zero-order chi connectivity index (χ0) is 24.1. The molecule has 1 saturated carbocycles. The molecule has 1 atom stereocenters. The molecule has 0 radical (unpaired) electrons. The lowest BCUT2D eigenvalue weighted by Crippen LogP contribution is -2.38. The van der Waals surface area contributed by atoms with Crippen LogP contribution in [0.1, 0.15) is 62.5 Å². The van der Waals surface area contributed by atoms with Gasteiger partial charge in [0.05, 0.1) is 6.42 Å². The lowest BCUT2D eigenvalue weighted by Gasteiger charge is -2.23. The number of rotatable bonds is 11. The maximum Gasteiger partial charge on any atom is 0.407 e. The second-order valence-electron chi connectivity index (χ2n) is 9.08. The Kier molecular flexibility index (Phi) is 7.50. The molecule has 0 aliphatic heterocycles. The van der Waals surface area contributed by atoms with Crippen LogP contribution in [0.4, 0.5) is 4.79 Å².